The van der Waals surface area contributed by atoms with Crippen LogP contribution in [-0.4, -0.2) is 92.5 Å². The van der Waals surface area contributed by atoms with E-state index in [-0.39, 0.29) is 45.9 Å². The van der Waals surface area contributed by atoms with Crippen molar-refractivity contribution in [1.82, 2.24) is 10.6 Å². The minimum Gasteiger partial charge on any atom is -0.508 e. The zero-order chi connectivity index (χ0) is 47.2. The number of unbranched alkanes of at least 4 members (excludes halogenated alkanes) is 11. The number of aromatic hydroxyl groups is 1. The van der Waals surface area contributed by atoms with Gasteiger partial charge in [-0.15, -0.1) is 0 Å². The van der Waals surface area contributed by atoms with Crippen LogP contribution in [0, 0.1) is 0 Å². The molecule has 2 aliphatic heterocycles. The van der Waals surface area contributed by atoms with Crippen molar-refractivity contribution in [3.8, 4) is 33.9 Å². The molecule has 6 rings (SSSR count). The molecular formula is C50H60N2O14. The molecular weight excluding hydrogens is 853 g/mol. The summed E-state index contributed by atoms with van der Waals surface area (Å²) in [6, 6.07) is 19.0. The molecule has 1 fully saturated rings. The maximum Gasteiger partial charge on any atom is 0.408 e. The lowest BCUT2D eigenvalue weighted by molar-refractivity contribution is -0.277. The number of carboxylic acids is 1. The van der Waals surface area contributed by atoms with Gasteiger partial charge < -0.3 is 59.9 Å². The lowest BCUT2D eigenvalue weighted by atomic mass is 9.90. The number of aliphatic hydroxyl groups excluding tert-OH is 4. The van der Waals surface area contributed by atoms with E-state index in [0.29, 0.717) is 34.2 Å². The number of carbonyl (C=O) groups excluding carboxylic acids is 2. The molecule has 0 radical (unpaired) electrons. The molecule has 0 bridgehead atoms. The number of alkyl carbamates (subject to hydrolysis) is 1. The van der Waals surface area contributed by atoms with Gasteiger partial charge in [0, 0.05) is 47.3 Å². The number of rotatable bonds is 23. The highest BCUT2D eigenvalue weighted by molar-refractivity contribution is 6.07. The second kappa shape index (κ2) is 23.9. The summed E-state index contributed by atoms with van der Waals surface area (Å²) in [5.74, 6) is -1.60. The van der Waals surface area contributed by atoms with Crippen LogP contribution in [0.25, 0.3) is 33.4 Å². The Morgan fingerprint density at radius 2 is 1.41 bits per heavy atom. The standard InChI is InChI=1S/C50H60N2O14/c1-2-3-4-5-6-7-8-9-10-11-12-13-24-51-47(59)46(31-15-19-34(20-16-31)63-49-45(58)44(57)43(56)41(29-53)65-49)66-50(62)52-28-30-14-21-35(38(25-30)48(60)61)42-36-22-17-32(54)26-39(36)64-40-27-33(55)18-23-37(40)42/h14-23,25-27,41,43-46,49,53-54,56-58H,2-13,24,28-29H2,1H3,(H,51,59)(H,52,62)(H,60,61)/t41-,43+,44+,45-,46?,49-/m1/s1. The lowest BCUT2D eigenvalue weighted by Crippen LogP contribution is -2.60. The van der Waals surface area contributed by atoms with Crippen LogP contribution in [0.3, 0.4) is 0 Å². The van der Waals surface area contributed by atoms with Crippen molar-refractivity contribution >= 4 is 28.9 Å². The van der Waals surface area contributed by atoms with Crippen molar-refractivity contribution in [3.05, 3.63) is 106 Å². The largest absolute Gasteiger partial charge is 0.508 e. The van der Waals surface area contributed by atoms with Crippen LogP contribution >= 0.6 is 0 Å². The maximum atomic E-state index is 13.7. The highest BCUT2D eigenvalue weighted by atomic mass is 16.7. The summed E-state index contributed by atoms with van der Waals surface area (Å²) >= 11 is 0. The highest BCUT2D eigenvalue weighted by Crippen LogP contribution is 2.42. The van der Waals surface area contributed by atoms with Crippen LogP contribution in [-0.2, 0) is 20.8 Å². The number of phenols is 1. The van der Waals surface area contributed by atoms with Gasteiger partial charge in [0.1, 0.15) is 47.3 Å². The van der Waals surface area contributed by atoms with Gasteiger partial charge in [0.25, 0.3) is 5.91 Å². The first-order valence-corrected chi connectivity index (χ1v) is 22.7. The van der Waals surface area contributed by atoms with Gasteiger partial charge in [0.15, 0.2) is 5.43 Å². The van der Waals surface area contributed by atoms with Crippen molar-refractivity contribution in [1.29, 1.82) is 0 Å². The first kappa shape index (κ1) is 49.4. The molecule has 66 heavy (non-hydrogen) atoms. The third-order valence-electron chi connectivity index (χ3n) is 11.8. The minimum atomic E-state index is -1.65. The quantitative estimate of drug-likeness (QED) is 0.0244. The van der Waals surface area contributed by atoms with E-state index in [1.165, 1.54) is 106 Å². The van der Waals surface area contributed by atoms with E-state index in [1.807, 2.05) is 0 Å². The van der Waals surface area contributed by atoms with Gasteiger partial charge in [0.2, 0.25) is 12.4 Å². The molecule has 8 N–H and O–H groups in total. The number of phenolic OH excluding ortho intramolecular Hbond substituents is 1. The number of aromatic carboxylic acids is 1. The van der Waals surface area contributed by atoms with Crippen molar-refractivity contribution in [2.45, 2.75) is 127 Å². The lowest BCUT2D eigenvalue weighted by Gasteiger charge is -2.39. The summed E-state index contributed by atoms with van der Waals surface area (Å²) in [5.41, 5.74) is 1.69. The Kier molecular flexibility index (Phi) is 17.9. The van der Waals surface area contributed by atoms with E-state index in [0.717, 1.165) is 25.7 Å². The Labute approximate surface area is 382 Å². The summed E-state index contributed by atoms with van der Waals surface area (Å²) in [4.78, 5) is 52.1. The molecule has 0 saturated carbocycles. The zero-order valence-electron chi connectivity index (χ0n) is 37.0. The van der Waals surface area contributed by atoms with Gasteiger partial charge in [-0.3, -0.25) is 9.59 Å². The molecule has 2 heterocycles. The predicted molar refractivity (Wildman–Crippen MR) is 244 cm³/mol. The van der Waals surface area contributed by atoms with E-state index in [2.05, 4.69) is 17.6 Å². The van der Waals surface area contributed by atoms with Crippen molar-refractivity contribution in [3.63, 3.8) is 0 Å². The molecule has 0 spiro atoms. The molecule has 0 aromatic heterocycles. The van der Waals surface area contributed by atoms with Gasteiger partial charge in [-0.05, 0) is 60.0 Å². The number of nitrogens with one attached hydrogen (secondary N) is 2. The third-order valence-corrected chi connectivity index (χ3v) is 11.8. The molecule has 1 aliphatic carbocycles. The van der Waals surface area contributed by atoms with E-state index >= 15 is 0 Å². The maximum absolute atomic E-state index is 13.7. The number of hydrogen-bond donors (Lipinski definition) is 8. The SMILES string of the molecule is CCCCCCCCCCCCCCNC(=O)C(OC(=O)NCc1ccc(-c2c3ccc(=O)cc-3oc3cc(O)ccc23)c(C(=O)O)c1)c1ccc(O[C@@H]2O[C@H](CO)[C@H](O)[C@H](O)[C@H]2O)cc1. The van der Waals surface area contributed by atoms with Crippen molar-refractivity contribution in [2.75, 3.05) is 13.2 Å². The second-order valence-corrected chi connectivity index (χ2v) is 16.7. The fourth-order valence-corrected chi connectivity index (χ4v) is 8.13. The Hall–Kier alpha value is -6.04. The molecule has 354 valence electrons. The smallest absolute Gasteiger partial charge is 0.408 e. The number of fused-ring (bicyclic) bond motifs is 2. The molecule has 2 amide bonds. The molecule has 3 aromatic carbocycles. The normalized spacial score (nSPS) is 18.8. The van der Waals surface area contributed by atoms with E-state index in [1.54, 1.807) is 24.3 Å². The van der Waals surface area contributed by atoms with Crippen LogP contribution in [0.15, 0.2) is 88.1 Å². The average molecular weight is 913 g/mol. The third kappa shape index (κ3) is 12.9. The summed E-state index contributed by atoms with van der Waals surface area (Å²) < 4.78 is 22.8. The Morgan fingerprint density at radius 3 is 2.08 bits per heavy atom. The second-order valence-electron chi connectivity index (χ2n) is 16.7. The fraction of sp³-hybridized carbons (Fsp3) is 0.440. The monoisotopic (exact) mass is 912 g/mol. The van der Waals surface area contributed by atoms with Gasteiger partial charge in [-0.25, -0.2) is 9.59 Å². The molecule has 3 aromatic rings. The number of aliphatic hydroxyl groups is 4. The summed E-state index contributed by atoms with van der Waals surface area (Å²) in [6.07, 6.45) is 3.98. The predicted octanol–water partition coefficient (Wildman–Crippen LogP) is 6.93. The number of carbonyl (C=O) groups is 3. The molecule has 3 aliphatic rings. The molecule has 16 heteroatoms. The van der Waals surface area contributed by atoms with Crippen LogP contribution in [0.2, 0.25) is 0 Å². The van der Waals surface area contributed by atoms with Crippen molar-refractivity contribution < 1.29 is 63.7 Å². The highest BCUT2D eigenvalue weighted by Gasteiger charge is 2.44. The number of hydrogen-bond acceptors (Lipinski definition) is 13. The van der Waals surface area contributed by atoms with Gasteiger partial charge in [0.05, 0.1) is 12.2 Å². The summed E-state index contributed by atoms with van der Waals surface area (Å²) in [6.45, 7) is 1.74. The fourth-order valence-electron chi connectivity index (χ4n) is 8.13. The van der Waals surface area contributed by atoms with E-state index < -0.39 is 61.4 Å². The Morgan fingerprint density at radius 1 is 0.742 bits per heavy atom. The van der Waals surface area contributed by atoms with Crippen molar-refractivity contribution in [2.24, 2.45) is 0 Å². The number of amides is 2. The molecule has 1 unspecified atom stereocenters. The van der Waals surface area contributed by atoms with E-state index in [9.17, 15) is 49.8 Å². The number of benzene rings is 4. The van der Waals surface area contributed by atoms with Crippen LogP contribution in [0.1, 0.15) is 112 Å². The van der Waals surface area contributed by atoms with Crippen LogP contribution in [0.5, 0.6) is 11.5 Å². The van der Waals surface area contributed by atoms with Gasteiger partial charge >= 0.3 is 12.1 Å². The first-order chi connectivity index (χ1) is 31.9. The number of carboxylic acid groups (broad SMARTS) is 1. The zero-order valence-corrected chi connectivity index (χ0v) is 37.0. The molecule has 6 atom stereocenters. The van der Waals surface area contributed by atoms with E-state index in [4.69, 9.17) is 18.6 Å². The van der Waals surface area contributed by atoms with Crippen LogP contribution in [0.4, 0.5) is 4.79 Å². The van der Waals surface area contributed by atoms with Gasteiger partial charge in [-0.1, -0.05) is 102 Å². The summed E-state index contributed by atoms with van der Waals surface area (Å²) in [5, 5.41) is 66.8. The average Bonchev–Trinajstić information content (AvgIpc) is 3.31. The number of ether oxygens (including phenoxy) is 3. The summed E-state index contributed by atoms with van der Waals surface area (Å²) in [7, 11) is 0. The van der Waals surface area contributed by atoms with Crippen LogP contribution < -0.4 is 20.8 Å². The Bertz CT molecular complexity index is 2420. The Balaban J connectivity index is 1.12. The van der Waals surface area contributed by atoms with Gasteiger partial charge in [-0.2, -0.15) is 0 Å². The molecule has 16 nitrogen and oxygen atoms in total. The topological polar surface area (TPSA) is 255 Å². The first-order valence-electron chi connectivity index (χ1n) is 22.7. The molecule has 1 saturated heterocycles. The minimum absolute atomic E-state index is 0.0845.